The molecule has 0 N–H and O–H groups in total. The van der Waals surface area contributed by atoms with Crippen molar-refractivity contribution in [2.24, 2.45) is 0 Å². The maximum Gasteiger partial charge on any atom is 2.00 e. The first-order valence-corrected chi connectivity index (χ1v) is 9.82. The summed E-state index contributed by atoms with van der Waals surface area (Å²) < 4.78 is 0. The van der Waals surface area contributed by atoms with Gasteiger partial charge >= 0.3 is 21.1 Å². The predicted molar refractivity (Wildman–Crippen MR) is 108 cm³/mol. The minimum Gasteiger partial charge on any atom is -0.876 e. The zero-order valence-electron chi connectivity index (χ0n) is 15.8. The fourth-order valence-electron chi connectivity index (χ4n) is 3.31. The molecule has 0 saturated carbocycles. The number of nitrogens with zero attached hydrogens (tertiary/aromatic N) is 1. The van der Waals surface area contributed by atoms with Crippen LogP contribution in [0.25, 0.3) is 21.7 Å². The summed E-state index contributed by atoms with van der Waals surface area (Å²) in [5.74, 6) is -0.375. The van der Waals surface area contributed by atoms with Gasteiger partial charge in [0, 0.05) is 11.8 Å². The number of pyridine rings is 1. The second-order valence-electron chi connectivity index (χ2n) is 6.46. The van der Waals surface area contributed by atoms with Gasteiger partial charge in [0.2, 0.25) is 0 Å². The van der Waals surface area contributed by atoms with E-state index >= 15 is 0 Å². The molecule has 1 aliphatic carbocycles. The fourth-order valence-corrected chi connectivity index (χ4v) is 4.00. The Kier molecular flexibility index (Phi) is 8.34. The molecule has 0 bridgehead atoms. The summed E-state index contributed by atoms with van der Waals surface area (Å²) in [6.45, 7) is 2.70. The molecule has 28 heavy (non-hydrogen) atoms. The molecule has 0 atom stereocenters. The van der Waals surface area contributed by atoms with Crippen LogP contribution in [0.4, 0.5) is 0 Å². The molecule has 2 aromatic heterocycles. The fraction of sp³-hybridized carbons (Fsp3) is 0.217. The number of hydrogen-bond acceptors (Lipinski definition) is 4. The zero-order valence-corrected chi connectivity index (χ0v) is 18.9. The van der Waals surface area contributed by atoms with E-state index in [0.717, 1.165) is 18.2 Å². The third-order valence-corrected chi connectivity index (χ3v) is 5.15. The first-order valence-electron chi connectivity index (χ1n) is 8.94. The number of benzene rings is 1. The normalized spacial score (nSPS) is 12.4. The van der Waals surface area contributed by atoms with E-state index in [0.29, 0.717) is 0 Å². The van der Waals surface area contributed by atoms with Gasteiger partial charge in [0.05, 0.1) is 0 Å². The molecular formula is C23H21NO2PtS. The van der Waals surface area contributed by atoms with Crippen LogP contribution in [0.15, 0.2) is 59.8 Å². The van der Waals surface area contributed by atoms with Crippen LogP contribution in [0, 0.1) is 6.07 Å². The van der Waals surface area contributed by atoms with Gasteiger partial charge in [-0.05, 0) is 49.1 Å². The Morgan fingerprint density at radius 2 is 1.89 bits per heavy atom. The van der Waals surface area contributed by atoms with E-state index in [1.807, 2.05) is 12.3 Å². The molecule has 1 aromatic carbocycles. The van der Waals surface area contributed by atoms with Gasteiger partial charge in [-0.2, -0.15) is 12.1 Å². The summed E-state index contributed by atoms with van der Waals surface area (Å²) in [6, 6.07) is 15.9. The maximum absolute atomic E-state index is 9.98. The number of thiophene rings is 1. The summed E-state index contributed by atoms with van der Waals surface area (Å²) in [5, 5.41) is 12.1. The quantitative estimate of drug-likeness (QED) is 0.263. The minimum absolute atomic E-state index is 0. The van der Waals surface area contributed by atoms with Gasteiger partial charge < -0.3 is 10.1 Å². The number of ketones is 1. The summed E-state index contributed by atoms with van der Waals surface area (Å²) >= 11 is 1.73. The number of fused-ring (bicyclic) bond motifs is 1. The molecule has 0 amide bonds. The Labute approximate surface area is 184 Å². The van der Waals surface area contributed by atoms with Crippen LogP contribution in [0.2, 0.25) is 0 Å². The molecular weight excluding hydrogens is 549 g/mol. The van der Waals surface area contributed by atoms with Crippen molar-refractivity contribution in [3.63, 3.8) is 0 Å². The van der Waals surface area contributed by atoms with Gasteiger partial charge in [0.1, 0.15) is 0 Å². The number of carbonyl (C=O) groups excluding carboxylic acids is 1. The van der Waals surface area contributed by atoms with E-state index < -0.39 is 0 Å². The van der Waals surface area contributed by atoms with Crippen molar-refractivity contribution in [2.45, 2.75) is 33.1 Å². The SMILES string of the molecule is CC(=O)/C=C(/C)[O-].[Pt+2].[c-]1ccsc1-c1ncc(-c2ccccc2)c2c1CCC2. The van der Waals surface area contributed by atoms with Crippen LogP contribution < -0.4 is 5.11 Å². The smallest absolute Gasteiger partial charge is 0.876 e. The Balaban J connectivity index is 0.000000306. The standard InChI is InChI=1S/C18H14NS.C5H8O2.Pt/c1-2-6-13(7-3-1)16-12-19-18(17-10-5-11-20-17)15-9-4-8-14(15)16;1-4(6)3-5(2)7;/h1-3,5-7,11-12H,4,8-9H2;3,6H,1-2H3;/q-1;;+2/p-1/b;4-3-;. The molecule has 146 valence electrons. The Morgan fingerprint density at radius 3 is 2.46 bits per heavy atom. The predicted octanol–water partition coefficient (Wildman–Crippen LogP) is 4.60. The molecule has 1 aliphatic rings. The van der Waals surface area contributed by atoms with E-state index in [2.05, 4.69) is 41.8 Å². The first-order chi connectivity index (χ1) is 13.1. The van der Waals surface area contributed by atoms with Crippen molar-refractivity contribution in [3.8, 4) is 21.7 Å². The average Bonchev–Trinajstić information content (AvgIpc) is 3.33. The van der Waals surface area contributed by atoms with Crippen LogP contribution in [-0.2, 0) is 38.7 Å². The van der Waals surface area contributed by atoms with Crippen molar-refractivity contribution in [1.29, 1.82) is 0 Å². The van der Waals surface area contributed by atoms with Crippen molar-refractivity contribution >= 4 is 17.1 Å². The van der Waals surface area contributed by atoms with Crippen molar-refractivity contribution < 1.29 is 31.0 Å². The van der Waals surface area contributed by atoms with Crippen molar-refractivity contribution in [2.75, 3.05) is 0 Å². The third kappa shape index (κ3) is 5.50. The molecule has 0 unspecified atom stereocenters. The largest absolute Gasteiger partial charge is 2.00 e. The van der Waals surface area contributed by atoms with Gasteiger partial charge in [-0.3, -0.25) is 4.79 Å². The van der Waals surface area contributed by atoms with Crippen LogP contribution >= 0.6 is 11.3 Å². The van der Waals surface area contributed by atoms with Gasteiger partial charge in [0.25, 0.3) is 0 Å². The third-order valence-electron chi connectivity index (χ3n) is 4.33. The number of hydrogen-bond donors (Lipinski definition) is 0. The summed E-state index contributed by atoms with van der Waals surface area (Å²) in [5.41, 5.74) is 6.65. The number of aromatic nitrogens is 1. The van der Waals surface area contributed by atoms with E-state index in [1.165, 1.54) is 53.8 Å². The molecule has 3 aromatic rings. The first kappa shape index (κ1) is 22.3. The summed E-state index contributed by atoms with van der Waals surface area (Å²) in [7, 11) is 0. The number of allylic oxidation sites excluding steroid dienone is 2. The van der Waals surface area contributed by atoms with Gasteiger partial charge in [-0.15, -0.1) is 11.1 Å². The molecule has 0 aliphatic heterocycles. The van der Waals surface area contributed by atoms with E-state index in [-0.39, 0.29) is 32.6 Å². The molecule has 0 radical (unpaired) electrons. The van der Waals surface area contributed by atoms with E-state index in [9.17, 15) is 9.90 Å². The van der Waals surface area contributed by atoms with Crippen LogP contribution in [-0.4, -0.2) is 10.8 Å². The van der Waals surface area contributed by atoms with Gasteiger partial charge in [0.15, 0.2) is 5.78 Å². The van der Waals surface area contributed by atoms with Crippen LogP contribution in [0.5, 0.6) is 0 Å². The molecule has 5 heteroatoms. The van der Waals surface area contributed by atoms with Crippen LogP contribution in [0.3, 0.4) is 0 Å². The van der Waals surface area contributed by atoms with E-state index in [1.54, 1.807) is 11.3 Å². The summed E-state index contributed by atoms with van der Waals surface area (Å²) in [4.78, 5) is 15.9. The molecule has 2 heterocycles. The Hall–Kier alpha value is -2.03. The van der Waals surface area contributed by atoms with Gasteiger partial charge in [-0.1, -0.05) is 47.7 Å². The van der Waals surface area contributed by atoms with Gasteiger partial charge in [-0.25, -0.2) is 11.3 Å². The maximum atomic E-state index is 9.98. The second-order valence-corrected chi connectivity index (χ2v) is 7.37. The topological polar surface area (TPSA) is 53.0 Å². The van der Waals surface area contributed by atoms with Crippen LogP contribution in [0.1, 0.15) is 31.4 Å². The summed E-state index contributed by atoms with van der Waals surface area (Å²) in [6.07, 6.45) is 6.64. The molecule has 0 fully saturated rings. The van der Waals surface area contributed by atoms with Crippen molar-refractivity contribution in [1.82, 2.24) is 4.98 Å². The molecule has 3 nitrogen and oxygen atoms in total. The zero-order chi connectivity index (χ0) is 19.2. The average molecular weight is 571 g/mol. The minimum atomic E-state index is -0.187. The van der Waals surface area contributed by atoms with E-state index in [4.69, 9.17) is 4.98 Å². The number of carbonyl (C=O) groups is 1. The molecule has 4 rings (SSSR count). The molecule has 0 spiro atoms. The number of rotatable bonds is 3. The second kappa shape index (κ2) is 10.5. The monoisotopic (exact) mass is 570 g/mol. The molecule has 0 saturated heterocycles. The Bertz CT molecular complexity index is 946. The Morgan fingerprint density at radius 1 is 1.18 bits per heavy atom. The van der Waals surface area contributed by atoms with Crippen molar-refractivity contribution in [3.05, 3.63) is 77.0 Å².